The van der Waals surface area contributed by atoms with Gasteiger partial charge >= 0.3 is 0 Å². The number of ether oxygens (including phenoxy) is 1. The number of carbonyl (C=O) groups excluding carboxylic acids is 1. The van der Waals surface area contributed by atoms with Crippen molar-refractivity contribution in [3.63, 3.8) is 0 Å². The van der Waals surface area contributed by atoms with Gasteiger partial charge in [-0.15, -0.1) is 0 Å². The predicted molar refractivity (Wildman–Crippen MR) is 88.6 cm³/mol. The number of rotatable bonds is 4. The van der Waals surface area contributed by atoms with E-state index in [1.165, 1.54) is 0 Å². The first-order valence-corrected chi connectivity index (χ1v) is 7.39. The van der Waals surface area contributed by atoms with Crippen molar-refractivity contribution in [2.45, 2.75) is 13.5 Å². The SMILES string of the molecule is COc1ccc2[nH]c(C(=O)N(C)Cc3cnn(C)c3)c(C)c2c1. The summed E-state index contributed by atoms with van der Waals surface area (Å²) in [6.07, 6.45) is 3.68. The van der Waals surface area contributed by atoms with Crippen LogP contribution in [-0.2, 0) is 13.6 Å². The van der Waals surface area contributed by atoms with Gasteiger partial charge in [0.05, 0.1) is 13.3 Å². The molecule has 6 heteroatoms. The molecule has 1 aromatic carbocycles. The van der Waals surface area contributed by atoms with E-state index in [1.54, 1.807) is 29.9 Å². The molecular weight excluding hydrogens is 292 g/mol. The lowest BCUT2D eigenvalue weighted by Crippen LogP contribution is -2.26. The maximum atomic E-state index is 12.7. The molecule has 1 N–H and O–H groups in total. The second-order valence-electron chi connectivity index (χ2n) is 5.72. The van der Waals surface area contributed by atoms with Gasteiger partial charge < -0.3 is 14.6 Å². The van der Waals surface area contributed by atoms with Crippen molar-refractivity contribution in [3.05, 3.63) is 47.4 Å². The summed E-state index contributed by atoms with van der Waals surface area (Å²) in [7, 11) is 5.29. The largest absolute Gasteiger partial charge is 0.497 e. The Bertz CT molecular complexity index is 863. The van der Waals surface area contributed by atoms with Crippen molar-refractivity contribution >= 4 is 16.8 Å². The van der Waals surface area contributed by atoms with E-state index in [1.807, 2.05) is 38.4 Å². The molecule has 0 fully saturated rings. The number of H-pyrrole nitrogens is 1. The third kappa shape index (κ3) is 2.79. The summed E-state index contributed by atoms with van der Waals surface area (Å²) in [6, 6.07) is 5.75. The lowest BCUT2D eigenvalue weighted by Gasteiger charge is -2.15. The first kappa shape index (κ1) is 15.1. The topological polar surface area (TPSA) is 63.2 Å². The highest BCUT2D eigenvalue weighted by Gasteiger charge is 2.19. The number of nitrogens with one attached hydrogen (secondary N) is 1. The molecule has 1 amide bonds. The second kappa shape index (κ2) is 5.79. The number of methoxy groups -OCH3 is 1. The highest BCUT2D eigenvalue weighted by Crippen LogP contribution is 2.26. The van der Waals surface area contributed by atoms with Crippen molar-refractivity contribution in [1.82, 2.24) is 19.7 Å². The highest BCUT2D eigenvalue weighted by molar-refractivity contribution is 6.01. The number of hydrogen-bond donors (Lipinski definition) is 1. The molecule has 3 rings (SSSR count). The first-order valence-electron chi connectivity index (χ1n) is 7.39. The van der Waals surface area contributed by atoms with Crippen LogP contribution in [0.3, 0.4) is 0 Å². The minimum atomic E-state index is -0.0403. The van der Waals surface area contributed by atoms with E-state index in [4.69, 9.17) is 4.74 Å². The van der Waals surface area contributed by atoms with E-state index < -0.39 is 0 Å². The fraction of sp³-hybridized carbons (Fsp3) is 0.294. The summed E-state index contributed by atoms with van der Waals surface area (Å²) in [6.45, 7) is 2.47. The standard InChI is InChI=1S/C17H20N4O2/c1-11-14-7-13(23-4)5-6-15(14)19-16(11)17(22)20(2)9-12-8-18-21(3)10-12/h5-8,10,19H,9H2,1-4H3. The molecule has 0 spiro atoms. The quantitative estimate of drug-likeness (QED) is 0.805. The molecule has 2 heterocycles. The van der Waals surface area contributed by atoms with Gasteiger partial charge in [-0.3, -0.25) is 9.48 Å². The first-order chi connectivity index (χ1) is 11.0. The molecule has 0 aliphatic carbocycles. The third-order valence-electron chi connectivity index (χ3n) is 4.00. The van der Waals surface area contributed by atoms with Gasteiger partial charge in [0.1, 0.15) is 11.4 Å². The molecule has 0 unspecified atom stereocenters. The molecule has 23 heavy (non-hydrogen) atoms. The summed E-state index contributed by atoms with van der Waals surface area (Å²) >= 11 is 0. The van der Waals surface area contributed by atoms with E-state index in [0.717, 1.165) is 27.8 Å². The molecule has 0 aliphatic heterocycles. The van der Waals surface area contributed by atoms with Gasteiger partial charge in [0, 0.05) is 43.3 Å². The van der Waals surface area contributed by atoms with Gasteiger partial charge in [-0.05, 0) is 30.7 Å². The molecule has 0 radical (unpaired) electrons. The summed E-state index contributed by atoms with van der Waals surface area (Å²) in [5, 5.41) is 5.13. The van der Waals surface area contributed by atoms with E-state index in [0.29, 0.717) is 12.2 Å². The normalized spacial score (nSPS) is 11.0. The maximum Gasteiger partial charge on any atom is 0.270 e. The van der Waals surface area contributed by atoms with Gasteiger partial charge in [0.2, 0.25) is 0 Å². The van der Waals surface area contributed by atoms with Crippen LogP contribution in [0.2, 0.25) is 0 Å². The van der Waals surface area contributed by atoms with Gasteiger partial charge in [0.15, 0.2) is 0 Å². The summed E-state index contributed by atoms with van der Waals surface area (Å²) in [4.78, 5) is 17.6. The maximum absolute atomic E-state index is 12.7. The van der Waals surface area contributed by atoms with E-state index in [2.05, 4.69) is 10.1 Å². The minimum absolute atomic E-state index is 0.0403. The Balaban J connectivity index is 1.89. The number of carbonyl (C=O) groups is 1. The van der Waals surface area contributed by atoms with Gasteiger partial charge in [-0.25, -0.2) is 0 Å². The zero-order chi connectivity index (χ0) is 16.6. The second-order valence-corrected chi connectivity index (χ2v) is 5.72. The summed E-state index contributed by atoms with van der Waals surface area (Å²) < 4.78 is 6.99. The predicted octanol–water partition coefficient (Wildman–Crippen LogP) is 2.49. The van der Waals surface area contributed by atoms with Crippen molar-refractivity contribution in [2.24, 2.45) is 7.05 Å². The Hall–Kier alpha value is -2.76. The molecule has 0 aliphatic rings. The van der Waals surface area contributed by atoms with Gasteiger partial charge in [0.25, 0.3) is 5.91 Å². The zero-order valence-corrected chi connectivity index (χ0v) is 13.8. The smallest absolute Gasteiger partial charge is 0.270 e. The van der Waals surface area contributed by atoms with Crippen LogP contribution in [0.5, 0.6) is 5.75 Å². The average molecular weight is 312 g/mol. The number of amides is 1. The molecule has 6 nitrogen and oxygen atoms in total. The highest BCUT2D eigenvalue weighted by atomic mass is 16.5. The molecule has 0 bridgehead atoms. The Morgan fingerprint density at radius 3 is 2.87 bits per heavy atom. The number of aromatic amines is 1. The fourth-order valence-electron chi connectivity index (χ4n) is 2.74. The van der Waals surface area contributed by atoms with Crippen LogP contribution >= 0.6 is 0 Å². The van der Waals surface area contributed by atoms with Crippen molar-refractivity contribution in [1.29, 1.82) is 0 Å². The van der Waals surface area contributed by atoms with Crippen LogP contribution in [0.15, 0.2) is 30.6 Å². The van der Waals surface area contributed by atoms with Gasteiger partial charge in [-0.2, -0.15) is 5.10 Å². The summed E-state index contributed by atoms with van der Waals surface area (Å²) in [5.74, 6) is 0.740. The molecule has 3 aromatic rings. The van der Waals surface area contributed by atoms with Crippen molar-refractivity contribution in [3.8, 4) is 5.75 Å². The number of aryl methyl sites for hydroxylation is 2. The van der Waals surface area contributed by atoms with Crippen LogP contribution in [0, 0.1) is 6.92 Å². The van der Waals surface area contributed by atoms with Crippen LogP contribution in [0.4, 0.5) is 0 Å². The lowest BCUT2D eigenvalue weighted by molar-refractivity contribution is 0.0779. The van der Waals surface area contributed by atoms with Crippen molar-refractivity contribution < 1.29 is 9.53 Å². The van der Waals surface area contributed by atoms with E-state index in [-0.39, 0.29) is 5.91 Å². The molecule has 2 aromatic heterocycles. The van der Waals surface area contributed by atoms with Crippen LogP contribution < -0.4 is 4.74 Å². The van der Waals surface area contributed by atoms with Crippen LogP contribution in [-0.4, -0.2) is 39.7 Å². The van der Waals surface area contributed by atoms with Crippen LogP contribution in [0.1, 0.15) is 21.6 Å². The van der Waals surface area contributed by atoms with Crippen LogP contribution in [0.25, 0.3) is 10.9 Å². The Labute approximate surface area is 134 Å². The minimum Gasteiger partial charge on any atom is -0.497 e. The number of nitrogens with zero attached hydrogens (tertiary/aromatic N) is 3. The number of benzene rings is 1. The lowest BCUT2D eigenvalue weighted by atomic mass is 10.1. The molecule has 120 valence electrons. The van der Waals surface area contributed by atoms with E-state index >= 15 is 0 Å². The number of hydrogen-bond acceptors (Lipinski definition) is 3. The van der Waals surface area contributed by atoms with Crippen molar-refractivity contribution in [2.75, 3.05) is 14.2 Å². The van der Waals surface area contributed by atoms with E-state index in [9.17, 15) is 4.79 Å². The monoisotopic (exact) mass is 312 g/mol. The Morgan fingerprint density at radius 2 is 2.22 bits per heavy atom. The molecule has 0 saturated heterocycles. The molecular formula is C17H20N4O2. The fourth-order valence-corrected chi connectivity index (χ4v) is 2.74. The Morgan fingerprint density at radius 1 is 1.43 bits per heavy atom. The molecule has 0 saturated carbocycles. The third-order valence-corrected chi connectivity index (χ3v) is 4.00. The average Bonchev–Trinajstić information content (AvgIpc) is 3.10. The zero-order valence-electron chi connectivity index (χ0n) is 13.8. The number of aromatic nitrogens is 3. The van der Waals surface area contributed by atoms with Gasteiger partial charge in [-0.1, -0.05) is 0 Å². The summed E-state index contributed by atoms with van der Waals surface area (Å²) in [5.41, 5.74) is 3.47. The Kier molecular flexibility index (Phi) is 3.82. The molecule has 0 atom stereocenters. The number of fused-ring (bicyclic) bond motifs is 1.